The van der Waals surface area contributed by atoms with Crippen LogP contribution in [-0.4, -0.2) is 29.3 Å². The van der Waals surface area contributed by atoms with Crippen molar-refractivity contribution in [3.05, 3.63) is 69.7 Å². The van der Waals surface area contributed by atoms with Crippen molar-refractivity contribution >= 4 is 41.0 Å². The maximum atomic E-state index is 12.8. The first-order chi connectivity index (χ1) is 12.8. The summed E-state index contributed by atoms with van der Waals surface area (Å²) in [5.41, 5.74) is 0.137. The lowest BCUT2D eigenvalue weighted by molar-refractivity contribution is -0.134. The van der Waals surface area contributed by atoms with Gasteiger partial charge in [-0.2, -0.15) is 0 Å². The molecular formula is C19H17Cl2N3O3. The molecule has 2 aromatic rings. The van der Waals surface area contributed by atoms with Gasteiger partial charge in [0.1, 0.15) is 12.1 Å². The van der Waals surface area contributed by atoms with Crippen LogP contribution in [0, 0.1) is 0 Å². The third-order valence-electron chi connectivity index (χ3n) is 4.42. The van der Waals surface area contributed by atoms with E-state index in [4.69, 9.17) is 23.2 Å². The van der Waals surface area contributed by atoms with E-state index >= 15 is 0 Å². The molecule has 3 rings (SSSR count). The maximum Gasteiger partial charge on any atom is 0.325 e. The topological polar surface area (TPSA) is 78.5 Å². The Morgan fingerprint density at radius 3 is 2.52 bits per heavy atom. The molecular weight excluding hydrogens is 389 g/mol. The number of rotatable bonds is 5. The van der Waals surface area contributed by atoms with E-state index in [-0.39, 0.29) is 13.1 Å². The summed E-state index contributed by atoms with van der Waals surface area (Å²) in [6, 6.07) is 13.2. The largest absolute Gasteiger partial charge is 0.350 e. The van der Waals surface area contributed by atoms with E-state index in [2.05, 4.69) is 10.6 Å². The average Bonchev–Trinajstić information content (AvgIpc) is 2.86. The summed E-state index contributed by atoms with van der Waals surface area (Å²) in [4.78, 5) is 38.2. The number of halogens is 2. The fourth-order valence-electron chi connectivity index (χ4n) is 2.87. The van der Waals surface area contributed by atoms with Gasteiger partial charge in [-0.15, -0.1) is 0 Å². The first kappa shape index (κ1) is 19.2. The molecule has 4 amide bonds. The molecule has 0 aromatic heterocycles. The highest BCUT2D eigenvalue weighted by molar-refractivity contribution is 6.35. The van der Waals surface area contributed by atoms with Crippen molar-refractivity contribution in [2.24, 2.45) is 0 Å². The predicted octanol–water partition coefficient (Wildman–Crippen LogP) is 3.08. The van der Waals surface area contributed by atoms with Gasteiger partial charge in [-0.25, -0.2) is 4.79 Å². The first-order valence-corrected chi connectivity index (χ1v) is 8.97. The normalized spacial score (nSPS) is 19.1. The molecule has 1 aliphatic heterocycles. The second kappa shape index (κ2) is 7.58. The van der Waals surface area contributed by atoms with Crippen molar-refractivity contribution in [2.45, 2.75) is 19.0 Å². The minimum Gasteiger partial charge on any atom is -0.350 e. The van der Waals surface area contributed by atoms with Gasteiger partial charge in [-0.1, -0.05) is 59.6 Å². The van der Waals surface area contributed by atoms with E-state index in [0.29, 0.717) is 21.2 Å². The first-order valence-electron chi connectivity index (χ1n) is 8.21. The molecule has 0 radical (unpaired) electrons. The van der Waals surface area contributed by atoms with E-state index in [1.54, 1.807) is 49.4 Å². The number of amides is 4. The Morgan fingerprint density at radius 2 is 1.85 bits per heavy atom. The highest BCUT2D eigenvalue weighted by Crippen LogP contribution is 2.28. The highest BCUT2D eigenvalue weighted by atomic mass is 35.5. The fourth-order valence-corrected chi connectivity index (χ4v) is 3.34. The van der Waals surface area contributed by atoms with Crippen LogP contribution in [0.5, 0.6) is 0 Å². The van der Waals surface area contributed by atoms with Crippen LogP contribution in [0.1, 0.15) is 18.1 Å². The van der Waals surface area contributed by atoms with Crippen LogP contribution in [0.2, 0.25) is 10.0 Å². The molecule has 2 N–H and O–H groups in total. The van der Waals surface area contributed by atoms with E-state index in [9.17, 15) is 14.4 Å². The minimum absolute atomic E-state index is 0.161. The van der Waals surface area contributed by atoms with Crippen LogP contribution >= 0.6 is 23.2 Å². The van der Waals surface area contributed by atoms with Crippen molar-refractivity contribution in [3.63, 3.8) is 0 Å². The number of hydrogen-bond donors (Lipinski definition) is 2. The Morgan fingerprint density at radius 1 is 1.15 bits per heavy atom. The molecule has 140 valence electrons. The van der Waals surface area contributed by atoms with Gasteiger partial charge in [0.2, 0.25) is 5.91 Å². The van der Waals surface area contributed by atoms with Gasteiger partial charge in [0.25, 0.3) is 5.91 Å². The summed E-state index contributed by atoms with van der Waals surface area (Å²) < 4.78 is 0. The van der Waals surface area contributed by atoms with Gasteiger partial charge in [-0.05, 0) is 30.2 Å². The molecule has 1 saturated heterocycles. The molecule has 0 spiro atoms. The van der Waals surface area contributed by atoms with Crippen LogP contribution < -0.4 is 10.6 Å². The van der Waals surface area contributed by atoms with Crippen LogP contribution in [0.4, 0.5) is 4.79 Å². The molecule has 6 nitrogen and oxygen atoms in total. The molecule has 27 heavy (non-hydrogen) atoms. The number of carbonyl (C=O) groups is 3. The molecule has 2 aromatic carbocycles. The summed E-state index contributed by atoms with van der Waals surface area (Å²) in [6.45, 7) is 1.40. The maximum absolute atomic E-state index is 12.8. The zero-order valence-corrected chi connectivity index (χ0v) is 16.0. The number of carbonyl (C=O) groups excluding carboxylic acids is 3. The molecule has 1 heterocycles. The van der Waals surface area contributed by atoms with Gasteiger partial charge in [0.15, 0.2) is 0 Å². The highest BCUT2D eigenvalue weighted by Gasteiger charge is 2.49. The van der Waals surface area contributed by atoms with E-state index < -0.39 is 23.4 Å². The van der Waals surface area contributed by atoms with Crippen LogP contribution in [0.15, 0.2) is 48.5 Å². The quantitative estimate of drug-likeness (QED) is 0.750. The molecule has 1 fully saturated rings. The van der Waals surface area contributed by atoms with Crippen LogP contribution in [0.3, 0.4) is 0 Å². The van der Waals surface area contributed by atoms with Gasteiger partial charge >= 0.3 is 6.03 Å². The Bertz CT molecular complexity index is 904. The number of benzene rings is 2. The van der Waals surface area contributed by atoms with Gasteiger partial charge < -0.3 is 10.6 Å². The smallest absolute Gasteiger partial charge is 0.325 e. The van der Waals surface area contributed by atoms with Gasteiger partial charge in [0.05, 0.1) is 0 Å². The molecule has 1 atom stereocenters. The van der Waals surface area contributed by atoms with Gasteiger partial charge in [-0.3, -0.25) is 14.5 Å². The SMILES string of the molecule is C[C@@]1(c2ccccc2)NC(=O)N(CC(=O)NCc2ccc(Cl)cc2Cl)C1=O. The lowest BCUT2D eigenvalue weighted by Gasteiger charge is -2.22. The van der Waals surface area contributed by atoms with Crippen molar-refractivity contribution < 1.29 is 14.4 Å². The molecule has 0 bridgehead atoms. The molecule has 1 aliphatic rings. The Balaban J connectivity index is 1.66. The standard InChI is InChI=1S/C19H17Cl2N3O3/c1-19(13-5-3-2-4-6-13)17(26)24(18(27)23-19)11-16(25)22-10-12-7-8-14(20)9-15(12)21/h2-9H,10-11H2,1H3,(H,22,25)(H,23,27)/t19-/m0/s1. The summed E-state index contributed by atoms with van der Waals surface area (Å²) in [5.74, 6) is -0.944. The van der Waals surface area contributed by atoms with Crippen molar-refractivity contribution in [2.75, 3.05) is 6.54 Å². The number of imide groups is 1. The lowest BCUT2D eigenvalue weighted by atomic mass is 9.92. The van der Waals surface area contributed by atoms with E-state index in [0.717, 1.165) is 4.90 Å². The second-order valence-electron chi connectivity index (χ2n) is 6.32. The number of nitrogens with zero attached hydrogens (tertiary/aromatic N) is 1. The summed E-state index contributed by atoms with van der Waals surface area (Å²) in [7, 11) is 0. The number of nitrogens with one attached hydrogen (secondary N) is 2. The summed E-state index contributed by atoms with van der Waals surface area (Å²) in [5, 5.41) is 6.24. The number of urea groups is 1. The number of hydrogen-bond acceptors (Lipinski definition) is 3. The monoisotopic (exact) mass is 405 g/mol. The van der Waals surface area contributed by atoms with Crippen molar-refractivity contribution in [1.82, 2.24) is 15.5 Å². The Hall–Kier alpha value is -2.57. The summed E-state index contributed by atoms with van der Waals surface area (Å²) in [6.07, 6.45) is 0. The molecule has 0 saturated carbocycles. The zero-order chi connectivity index (χ0) is 19.6. The van der Waals surface area contributed by atoms with E-state index in [1.165, 1.54) is 0 Å². The molecule has 0 aliphatic carbocycles. The molecule has 8 heteroatoms. The van der Waals surface area contributed by atoms with Gasteiger partial charge in [0, 0.05) is 16.6 Å². The minimum atomic E-state index is -1.20. The average molecular weight is 406 g/mol. The second-order valence-corrected chi connectivity index (χ2v) is 7.17. The van der Waals surface area contributed by atoms with Crippen LogP contribution in [0.25, 0.3) is 0 Å². The molecule has 0 unspecified atom stereocenters. The fraction of sp³-hybridized carbons (Fsp3) is 0.211. The lowest BCUT2D eigenvalue weighted by Crippen LogP contribution is -2.43. The van der Waals surface area contributed by atoms with Crippen LogP contribution in [-0.2, 0) is 21.7 Å². The third kappa shape index (κ3) is 3.91. The zero-order valence-electron chi connectivity index (χ0n) is 14.5. The predicted molar refractivity (Wildman–Crippen MR) is 102 cm³/mol. The van der Waals surface area contributed by atoms with E-state index in [1.807, 2.05) is 6.07 Å². The van der Waals surface area contributed by atoms with Crippen molar-refractivity contribution in [3.8, 4) is 0 Å². The third-order valence-corrected chi connectivity index (χ3v) is 5.01. The Labute approximate surface area is 166 Å². The summed E-state index contributed by atoms with van der Waals surface area (Å²) >= 11 is 11.9. The Kier molecular flexibility index (Phi) is 5.39. The van der Waals surface area contributed by atoms with Crippen molar-refractivity contribution in [1.29, 1.82) is 0 Å².